The molecule has 1 aromatic carbocycles. The second-order valence-electron chi connectivity index (χ2n) is 6.29. The summed E-state index contributed by atoms with van der Waals surface area (Å²) in [5.41, 5.74) is 4.14. The van der Waals surface area contributed by atoms with Gasteiger partial charge in [0.05, 0.1) is 19.9 Å². The van der Waals surface area contributed by atoms with E-state index in [-0.39, 0.29) is 11.8 Å². The van der Waals surface area contributed by atoms with Gasteiger partial charge in [-0.15, -0.1) is 0 Å². The second-order valence-corrected chi connectivity index (χ2v) is 6.29. The van der Waals surface area contributed by atoms with Crippen LogP contribution in [0.3, 0.4) is 0 Å². The summed E-state index contributed by atoms with van der Waals surface area (Å²) < 4.78 is 12.4. The maximum atomic E-state index is 12.4. The molecule has 2 aromatic rings. The van der Waals surface area contributed by atoms with E-state index in [4.69, 9.17) is 9.47 Å². The number of carbonyl (C=O) groups excluding carboxylic acids is 1. The van der Waals surface area contributed by atoms with E-state index >= 15 is 0 Å². The predicted octanol–water partition coefficient (Wildman–Crippen LogP) is 2.55. The Labute approximate surface area is 149 Å². The van der Waals surface area contributed by atoms with Crippen molar-refractivity contribution in [3.05, 3.63) is 40.7 Å². The lowest BCUT2D eigenvalue weighted by Crippen LogP contribution is -2.30. The van der Waals surface area contributed by atoms with E-state index in [0.717, 1.165) is 22.5 Å². The molecule has 0 saturated carbocycles. The molecule has 25 heavy (non-hydrogen) atoms. The van der Waals surface area contributed by atoms with E-state index in [1.54, 1.807) is 14.2 Å². The predicted molar refractivity (Wildman–Crippen MR) is 96.9 cm³/mol. The van der Waals surface area contributed by atoms with Gasteiger partial charge in [0.1, 0.15) is 0 Å². The van der Waals surface area contributed by atoms with Gasteiger partial charge in [0.25, 0.3) is 0 Å². The minimum atomic E-state index is -0.143. The summed E-state index contributed by atoms with van der Waals surface area (Å²) >= 11 is 0. The fourth-order valence-corrected chi connectivity index (χ4v) is 2.88. The maximum Gasteiger partial charge on any atom is 0.223 e. The summed E-state index contributed by atoms with van der Waals surface area (Å²) in [6.07, 6.45) is 0.636. The highest BCUT2D eigenvalue weighted by molar-refractivity contribution is 5.78. The van der Waals surface area contributed by atoms with Gasteiger partial charge >= 0.3 is 0 Å². The molecule has 6 nitrogen and oxygen atoms in total. The van der Waals surface area contributed by atoms with Crippen LogP contribution in [0.5, 0.6) is 11.5 Å². The standard InChI is InChI=1S/C19H27N3O3/c1-12(9-15-7-8-17(24-5)18(10-15)25-6)19(23)20-11-16-13(2)21-22(4)14(16)3/h7-8,10,12H,9,11H2,1-6H3,(H,20,23). The van der Waals surface area contributed by atoms with Crippen molar-refractivity contribution in [1.29, 1.82) is 0 Å². The van der Waals surface area contributed by atoms with Crippen LogP contribution in [0.4, 0.5) is 0 Å². The van der Waals surface area contributed by atoms with Gasteiger partial charge in [-0.1, -0.05) is 13.0 Å². The zero-order chi connectivity index (χ0) is 18.6. The normalized spacial score (nSPS) is 11.9. The molecular weight excluding hydrogens is 318 g/mol. The Balaban J connectivity index is 1.98. The first-order valence-corrected chi connectivity index (χ1v) is 8.35. The average molecular weight is 345 g/mol. The summed E-state index contributed by atoms with van der Waals surface area (Å²) in [6, 6.07) is 5.74. The molecule has 0 aliphatic rings. The summed E-state index contributed by atoms with van der Waals surface area (Å²) in [7, 11) is 5.12. The van der Waals surface area contributed by atoms with Gasteiger partial charge in [0.15, 0.2) is 11.5 Å². The minimum absolute atomic E-state index is 0.0254. The average Bonchev–Trinajstić information content (AvgIpc) is 2.84. The van der Waals surface area contributed by atoms with Gasteiger partial charge in [-0.2, -0.15) is 5.10 Å². The van der Waals surface area contributed by atoms with Gasteiger partial charge in [-0.05, 0) is 38.0 Å². The quantitative estimate of drug-likeness (QED) is 0.837. The number of hydrogen-bond donors (Lipinski definition) is 1. The van der Waals surface area contributed by atoms with Gasteiger partial charge in [-0.3, -0.25) is 9.48 Å². The fraction of sp³-hybridized carbons (Fsp3) is 0.474. The zero-order valence-corrected chi connectivity index (χ0v) is 15.8. The zero-order valence-electron chi connectivity index (χ0n) is 15.8. The third-order valence-electron chi connectivity index (χ3n) is 4.54. The third-order valence-corrected chi connectivity index (χ3v) is 4.54. The summed E-state index contributed by atoms with van der Waals surface area (Å²) in [5.74, 6) is 1.24. The van der Waals surface area contributed by atoms with Crippen molar-refractivity contribution in [2.24, 2.45) is 13.0 Å². The Morgan fingerprint density at radius 2 is 1.92 bits per heavy atom. The first-order chi connectivity index (χ1) is 11.9. The van der Waals surface area contributed by atoms with E-state index < -0.39 is 0 Å². The van der Waals surface area contributed by atoms with Gasteiger partial charge < -0.3 is 14.8 Å². The molecule has 136 valence electrons. The molecule has 0 aliphatic heterocycles. The van der Waals surface area contributed by atoms with Crippen LogP contribution in [0.1, 0.15) is 29.4 Å². The highest BCUT2D eigenvalue weighted by Gasteiger charge is 2.16. The number of aryl methyl sites for hydroxylation is 2. The summed E-state index contributed by atoms with van der Waals surface area (Å²) in [6.45, 7) is 6.39. The van der Waals surface area contributed by atoms with Crippen LogP contribution in [0.25, 0.3) is 0 Å². The van der Waals surface area contributed by atoms with Crippen LogP contribution in [-0.2, 0) is 24.8 Å². The highest BCUT2D eigenvalue weighted by Crippen LogP contribution is 2.28. The number of nitrogens with zero attached hydrogens (tertiary/aromatic N) is 2. The van der Waals surface area contributed by atoms with Crippen molar-refractivity contribution >= 4 is 5.91 Å². The van der Waals surface area contributed by atoms with Crippen molar-refractivity contribution in [3.8, 4) is 11.5 Å². The Bertz CT molecular complexity index is 753. The van der Waals surface area contributed by atoms with E-state index in [1.807, 2.05) is 50.7 Å². The van der Waals surface area contributed by atoms with Gasteiger partial charge in [0, 0.05) is 30.8 Å². The topological polar surface area (TPSA) is 65.4 Å². The molecule has 6 heteroatoms. The molecule has 1 N–H and O–H groups in total. The van der Waals surface area contributed by atoms with E-state index in [0.29, 0.717) is 24.5 Å². The molecule has 0 bridgehead atoms. The minimum Gasteiger partial charge on any atom is -0.493 e. The SMILES string of the molecule is COc1ccc(CC(C)C(=O)NCc2c(C)nn(C)c2C)cc1OC. The van der Waals surface area contributed by atoms with Crippen LogP contribution >= 0.6 is 0 Å². The van der Waals surface area contributed by atoms with Crippen LogP contribution in [0, 0.1) is 19.8 Å². The second kappa shape index (κ2) is 8.05. The smallest absolute Gasteiger partial charge is 0.223 e. The number of aromatic nitrogens is 2. The first-order valence-electron chi connectivity index (χ1n) is 8.35. The third kappa shape index (κ3) is 4.32. The number of nitrogens with one attached hydrogen (secondary N) is 1. The number of ether oxygens (including phenoxy) is 2. The first kappa shape index (κ1) is 18.8. The molecule has 1 aromatic heterocycles. The number of benzene rings is 1. The van der Waals surface area contributed by atoms with Crippen molar-refractivity contribution in [1.82, 2.24) is 15.1 Å². The number of hydrogen-bond acceptors (Lipinski definition) is 4. The lowest BCUT2D eigenvalue weighted by molar-refractivity contribution is -0.124. The monoisotopic (exact) mass is 345 g/mol. The highest BCUT2D eigenvalue weighted by atomic mass is 16.5. The number of amides is 1. The number of rotatable bonds is 7. The largest absolute Gasteiger partial charge is 0.493 e. The fourth-order valence-electron chi connectivity index (χ4n) is 2.88. The molecule has 1 heterocycles. The summed E-state index contributed by atoms with van der Waals surface area (Å²) in [5, 5.41) is 7.39. The van der Waals surface area contributed by atoms with Crippen molar-refractivity contribution in [3.63, 3.8) is 0 Å². The van der Waals surface area contributed by atoms with Crippen LogP contribution < -0.4 is 14.8 Å². The molecule has 0 saturated heterocycles. The molecule has 0 spiro atoms. The summed E-state index contributed by atoms with van der Waals surface area (Å²) in [4.78, 5) is 12.4. The molecule has 0 aliphatic carbocycles. The molecular formula is C19H27N3O3. The van der Waals surface area contributed by atoms with E-state index in [1.165, 1.54) is 0 Å². The molecule has 1 atom stereocenters. The van der Waals surface area contributed by atoms with E-state index in [9.17, 15) is 4.79 Å². The Morgan fingerprint density at radius 1 is 1.24 bits per heavy atom. The van der Waals surface area contributed by atoms with Crippen LogP contribution in [-0.4, -0.2) is 29.9 Å². The molecule has 1 unspecified atom stereocenters. The lowest BCUT2D eigenvalue weighted by Gasteiger charge is -2.14. The molecule has 1 amide bonds. The Kier molecular flexibility index (Phi) is 6.07. The lowest BCUT2D eigenvalue weighted by atomic mass is 9.99. The van der Waals surface area contributed by atoms with Crippen molar-refractivity contribution in [2.45, 2.75) is 33.7 Å². The van der Waals surface area contributed by atoms with E-state index in [2.05, 4.69) is 10.4 Å². The maximum absolute atomic E-state index is 12.4. The van der Waals surface area contributed by atoms with Gasteiger partial charge in [-0.25, -0.2) is 0 Å². The van der Waals surface area contributed by atoms with Crippen molar-refractivity contribution in [2.75, 3.05) is 14.2 Å². The van der Waals surface area contributed by atoms with Gasteiger partial charge in [0.2, 0.25) is 5.91 Å². The van der Waals surface area contributed by atoms with Crippen molar-refractivity contribution < 1.29 is 14.3 Å². The number of methoxy groups -OCH3 is 2. The Morgan fingerprint density at radius 3 is 2.48 bits per heavy atom. The number of carbonyl (C=O) groups is 1. The molecule has 0 fully saturated rings. The van der Waals surface area contributed by atoms with Crippen LogP contribution in [0.2, 0.25) is 0 Å². The molecule has 0 radical (unpaired) electrons. The Hall–Kier alpha value is -2.50. The van der Waals surface area contributed by atoms with Crippen LogP contribution in [0.15, 0.2) is 18.2 Å². The molecule has 2 rings (SSSR count).